The normalized spacial score (nSPS) is 16.7. The van der Waals surface area contributed by atoms with Crippen LogP contribution in [0.5, 0.6) is 5.75 Å². The van der Waals surface area contributed by atoms with E-state index in [4.69, 9.17) is 14.2 Å². The molecule has 192 valence electrons. The first-order chi connectivity index (χ1) is 16.9. The molecule has 2 atom stereocenters. The zero-order valence-corrected chi connectivity index (χ0v) is 21.3. The topological polar surface area (TPSA) is 78.9 Å². The summed E-state index contributed by atoms with van der Waals surface area (Å²) < 4.78 is 30.2. The monoisotopic (exact) mass is 496 g/mol. The lowest BCUT2D eigenvalue weighted by Crippen LogP contribution is -2.25. The standard InChI is InChI=1S/C29H33FO6/c1-17(2)27(31)34-15-21(16-35-28(32)18(3)4)13-22-8-9-23(12-20(22)7)24-10-11-26(25(30)14-24)36-29(33)19(5)6/h8-12,14,20-22H,1,3,5,13,15-16H2,2,4,6-7H3. The van der Waals surface area contributed by atoms with E-state index in [2.05, 4.69) is 19.7 Å². The van der Waals surface area contributed by atoms with Crippen molar-refractivity contribution in [3.63, 3.8) is 0 Å². The summed E-state index contributed by atoms with van der Waals surface area (Å²) in [6.45, 7) is 17.5. The Kier molecular flexibility index (Phi) is 10.1. The van der Waals surface area contributed by atoms with Gasteiger partial charge in [0.05, 0.1) is 13.2 Å². The van der Waals surface area contributed by atoms with Crippen LogP contribution in [0.2, 0.25) is 0 Å². The molecular formula is C29H33FO6. The lowest BCUT2D eigenvalue weighted by molar-refractivity contribution is -0.144. The van der Waals surface area contributed by atoms with Gasteiger partial charge in [-0.15, -0.1) is 0 Å². The Bertz CT molecular complexity index is 1100. The molecule has 6 nitrogen and oxygen atoms in total. The second-order valence-corrected chi connectivity index (χ2v) is 9.18. The molecule has 1 aromatic rings. The van der Waals surface area contributed by atoms with Gasteiger partial charge in [0.15, 0.2) is 11.6 Å². The molecule has 1 aromatic carbocycles. The van der Waals surface area contributed by atoms with E-state index in [1.165, 1.54) is 19.1 Å². The summed E-state index contributed by atoms with van der Waals surface area (Å²) in [6, 6.07) is 4.42. The van der Waals surface area contributed by atoms with Gasteiger partial charge < -0.3 is 14.2 Å². The van der Waals surface area contributed by atoms with Crippen molar-refractivity contribution in [1.29, 1.82) is 0 Å². The molecule has 0 fully saturated rings. The van der Waals surface area contributed by atoms with E-state index >= 15 is 0 Å². The molecular weight excluding hydrogens is 463 g/mol. The molecule has 2 unspecified atom stereocenters. The highest BCUT2D eigenvalue weighted by molar-refractivity contribution is 5.89. The summed E-state index contributed by atoms with van der Waals surface area (Å²) in [5.74, 6) is -2.58. The average molecular weight is 497 g/mol. The van der Waals surface area contributed by atoms with Gasteiger partial charge in [0.2, 0.25) is 0 Å². The molecule has 2 rings (SSSR count). The second kappa shape index (κ2) is 12.8. The number of hydrogen-bond donors (Lipinski definition) is 0. The molecule has 0 aliphatic heterocycles. The predicted octanol–water partition coefficient (Wildman–Crippen LogP) is 5.76. The maximum atomic E-state index is 14.5. The van der Waals surface area contributed by atoms with E-state index in [-0.39, 0.29) is 42.3 Å². The maximum Gasteiger partial charge on any atom is 0.338 e. The summed E-state index contributed by atoms with van der Waals surface area (Å²) in [6.07, 6.45) is 6.53. The fourth-order valence-electron chi connectivity index (χ4n) is 3.50. The van der Waals surface area contributed by atoms with E-state index in [1.54, 1.807) is 19.9 Å². The minimum atomic E-state index is -0.688. The van der Waals surface area contributed by atoms with Gasteiger partial charge in [0.25, 0.3) is 0 Å². The van der Waals surface area contributed by atoms with Gasteiger partial charge in [-0.2, -0.15) is 0 Å². The number of benzene rings is 1. The zero-order chi connectivity index (χ0) is 27.0. The summed E-state index contributed by atoms with van der Waals surface area (Å²) in [7, 11) is 0. The SMILES string of the molecule is C=C(C)C(=O)OCC(COC(=O)C(=C)C)CC1C=CC(c2ccc(OC(=O)C(=C)C)c(F)c2)=CC1C. The Morgan fingerprint density at radius 2 is 1.50 bits per heavy atom. The smallest absolute Gasteiger partial charge is 0.338 e. The van der Waals surface area contributed by atoms with E-state index in [0.29, 0.717) is 23.1 Å². The molecule has 0 aromatic heterocycles. The number of rotatable bonds is 11. The van der Waals surface area contributed by atoms with E-state index in [1.807, 2.05) is 25.2 Å². The first-order valence-electron chi connectivity index (χ1n) is 11.6. The Morgan fingerprint density at radius 1 is 0.944 bits per heavy atom. The van der Waals surface area contributed by atoms with Crippen LogP contribution in [-0.4, -0.2) is 31.1 Å². The van der Waals surface area contributed by atoms with Crippen LogP contribution in [0.4, 0.5) is 4.39 Å². The molecule has 1 aliphatic rings. The average Bonchev–Trinajstić information content (AvgIpc) is 2.82. The molecule has 0 spiro atoms. The highest BCUT2D eigenvalue weighted by Crippen LogP contribution is 2.33. The molecule has 0 bridgehead atoms. The number of ether oxygens (including phenoxy) is 3. The van der Waals surface area contributed by atoms with Crippen LogP contribution >= 0.6 is 0 Å². The number of esters is 3. The predicted molar refractivity (Wildman–Crippen MR) is 136 cm³/mol. The van der Waals surface area contributed by atoms with E-state index in [0.717, 1.165) is 5.57 Å². The number of halogens is 1. The van der Waals surface area contributed by atoms with Crippen LogP contribution in [0.15, 0.2) is 72.9 Å². The van der Waals surface area contributed by atoms with Crippen molar-refractivity contribution in [2.45, 2.75) is 34.1 Å². The van der Waals surface area contributed by atoms with Crippen LogP contribution in [0.1, 0.15) is 39.7 Å². The molecule has 0 amide bonds. The number of carbonyl (C=O) groups excluding carboxylic acids is 3. The Morgan fingerprint density at radius 3 is 1.97 bits per heavy atom. The molecule has 36 heavy (non-hydrogen) atoms. The quantitative estimate of drug-likeness (QED) is 0.220. The minimum Gasteiger partial charge on any atom is -0.462 e. The number of carbonyl (C=O) groups is 3. The maximum absolute atomic E-state index is 14.5. The Labute approximate surface area is 211 Å². The highest BCUT2D eigenvalue weighted by atomic mass is 19.1. The molecule has 0 saturated heterocycles. The van der Waals surface area contributed by atoms with Gasteiger partial charge in [-0.05, 0) is 62.3 Å². The van der Waals surface area contributed by atoms with Crippen LogP contribution < -0.4 is 4.74 Å². The third kappa shape index (κ3) is 8.18. The molecule has 0 N–H and O–H groups in total. The third-order valence-corrected chi connectivity index (χ3v) is 5.66. The van der Waals surface area contributed by atoms with Crippen LogP contribution in [0, 0.1) is 23.6 Å². The minimum absolute atomic E-state index is 0.0742. The van der Waals surface area contributed by atoms with E-state index < -0.39 is 23.7 Å². The summed E-state index contributed by atoms with van der Waals surface area (Å²) >= 11 is 0. The van der Waals surface area contributed by atoms with Gasteiger partial charge in [-0.1, -0.05) is 51.0 Å². The molecule has 0 saturated carbocycles. The molecule has 0 radical (unpaired) electrons. The summed E-state index contributed by atoms with van der Waals surface area (Å²) in [5, 5.41) is 0. The molecule has 7 heteroatoms. The molecule has 0 heterocycles. The van der Waals surface area contributed by atoms with E-state index in [9.17, 15) is 18.8 Å². The molecule has 1 aliphatic carbocycles. The van der Waals surface area contributed by atoms with Gasteiger partial charge in [0.1, 0.15) is 0 Å². The first-order valence-corrected chi connectivity index (χ1v) is 11.6. The lowest BCUT2D eigenvalue weighted by Gasteiger charge is -2.27. The zero-order valence-electron chi connectivity index (χ0n) is 21.3. The number of allylic oxidation sites excluding steroid dienone is 4. The summed E-state index contributed by atoms with van der Waals surface area (Å²) in [5.41, 5.74) is 2.23. The summed E-state index contributed by atoms with van der Waals surface area (Å²) in [4.78, 5) is 35.4. The van der Waals surface area contributed by atoms with Gasteiger partial charge in [-0.3, -0.25) is 0 Å². The fourth-order valence-corrected chi connectivity index (χ4v) is 3.50. The van der Waals surface area contributed by atoms with Crippen LogP contribution in [-0.2, 0) is 23.9 Å². The van der Waals surface area contributed by atoms with Crippen LogP contribution in [0.3, 0.4) is 0 Å². The Hall–Kier alpha value is -3.74. The van der Waals surface area contributed by atoms with Gasteiger partial charge in [-0.25, -0.2) is 18.8 Å². The van der Waals surface area contributed by atoms with Gasteiger partial charge >= 0.3 is 17.9 Å². The fraction of sp³-hybridized carbons (Fsp3) is 0.345. The Balaban J connectivity index is 2.10. The lowest BCUT2D eigenvalue weighted by atomic mass is 9.80. The second-order valence-electron chi connectivity index (χ2n) is 9.18. The van der Waals surface area contributed by atoms with Crippen molar-refractivity contribution in [3.8, 4) is 5.75 Å². The van der Waals surface area contributed by atoms with Crippen molar-refractivity contribution in [2.24, 2.45) is 17.8 Å². The van der Waals surface area contributed by atoms with Crippen molar-refractivity contribution < 1.29 is 33.0 Å². The van der Waals surface area contributed by atoms with Crippen LogP contribution in [0.25, 0.3) is 5.57 Å². The van der Waals surface area contributed by atoms with Gasteiger partial charge in [0, 0.05) is 22.6 Å². The van der Waals surface area contributed by atoms with Crippen molar-refractivity contribution >= 4 is 23.5 Å². The highest BCUT2D eigenvalue weighted by Gasteiger charge is 2.25. The third-order valence-electron chi connectivity index (χ3n) is 5.66. The largest absolute Gasteiger partial charge is 0.462 e. The number of hydrogen-bond acceptors (Lipinski definition) is 6. The van der Waals surface area contributed by atoms with Crippen molar-refractivity contribution in [2.75, 3.05) is 13.2 Å². The van der Waals surface area contributed by atoms with Crippen molar-refractivity contribution in [3.05, 3.63) is 84.3 Å². The first kappa shape index (κ1) is 28.5. The van der Waals surface area contributed by atoms with Crippen molar-refractivity contribution in [1.82, 2.24) is 0 Å².